The summed E-state index contributed by atoms with van der Waals surface area (Å²) in [6.07, 6.45) is 1.92. The molecule has 0 saturated heterocycles. The molecule has 0 fully saturated rings. The van der Waals surface area contributed by atoms with Gasteiger partial charge >= 0.3 is 0 Å². The Kier molecular flexibility index (Phi) is 7.14. The number of halogens is 1. The summed E-state index contributed by atoms with van der Waals surface area (Å²) >= 11 is 6.09. The van der Waals surface area contributed by atoms with E-state index in [2.05, 4.69) is 46.8 Å². The number of hydrogen-bond acceptors (Lipinski definition) is 2. The summed E-state index contributed by atoms with van der Waals surface area (Å²) in [4.78, 5) is 6.96. The van der Waals surface area contributed by atoms with Crippen LogP contribution in [0.3, 0.4) is 0 Å². The number of aryl methyl sites for hydroxylation is 3. The fourth-order valence-corrected chi connectivity index (χ4v) is 3.24. The number of rotatable bonds is 7. The summed E-state index contributed by atoms with van der Waals surface area (Å²) in [5.74, 6) is 1.31. The quantitative estimate of drug-likeness (QED) is 0.594. The van der Waals surface area contributed by atoms with Gasteiger partial charge in [-0.1, -0.05) is 18.5 Å². The van der Waals surface area contributed by atoms with Crippen LogP contribution in [0.5, 0.6) is 0 Å². The lowest BCUT2D eigenvalue weighted by atomic mass is 10.2. The molecule has 144 valence electrons. The fourth-order valence-electron chi connectivity index (χ4n) is 2.97. The Morgan fingerprint density at radius 3 is 2.65 bits per heavy atom. The maximum atomic E-state index is 6.09. The van der Waals surface area contributed by atoms with E-state index in [0.717, 1.165) is 48.5 Å². The van der Waals surface area contributed by atoms with Gasteiger partial charge in [0.2, 0.25) is 0 Å². The van der Waals surface area contributed by atoms with Gasteiger partial charge in [-0.3, -0.25) is 9.67 Å². The number of aliphatic imine (C=N–C) groups is 1. The number of nitrogens with one attached hydrogen (secondary N) is 1. The summed E-state index contributed by atoms with van der Waals surface area (Å²) in [6, 6.07) is 4.10. The molecular formula is C19H31ClN6. The highest BCUT2D eigenvalue weighted by Gasteiger charge is 2.11. The zero-order valence-corrected chi connectivity index (χ0v) is 17.5. The lowest BCUT2D eigenvalue weighted by Gasteiger charge is -2.23. The molecule has 2 aromatic heterocycles. The minimum atomic E-state index is 0.402. The highest BCUT2D eigenvalue weighted by atomic mass is 35.5. The third-order valence-corrected chi connectivity index (χ3v) is 4.52. The number of guanidine groups is 1. The minimum Gasteiger partial charge on any atom is -0.357 e. The molecule has 2 heterocycles. The largest absolute Gasteiger partial charge is 0.357 e. The summed E-state index contributed by atoms with van der Waals surface area (Å²) < 4.78 is 4.12. The van der Waals surface area contributed by atoms with Gasteiger partial charge in [0.25, 0.3) is 0 Å². The van der Waals surface area contributed by atoms with E-state index < -0.39 is 0 Å². The van der Waals surface area contributed by atoms with Crippen molar-refractivity contribution in [3.8, 4) is 0 Å². The van der Waals surface area contributed by atoms with Gasteiger partial charge < -0.3 is 14.8 Å². The van der Waals surface area contributed by atoms with Crippen molar-refractivity contribution < 1.29 is 0 Å². The zero-order chi connectivity index (χ0) is 19.3. The molecule has 0 spiro atoms. The Morgan fingerprint density at radius 1 is 1.38 bits per heavy atom. The number of hydrogen-bond donors (Lipinski definition) is 1. The molecule has 0 bridgehead atoms. The van der Waals surface area contributed by atoms with Crippen LogP contribution in [0.2, 0.25) is 5.02 Å². The van der Waals surface area contributed by atoms with Gasteiger partial charge in [-0.15, -0.1) is 0 Å². The Labute approximate surface area is 161 Å². The van der Waals surface area contributed by atoms with E-state index in [1.165, 1.54) is 5.69 Å². The van der Waals surface area contributed by atoms with Gasteiger partial charge in [-0.25, -0.2) is 0 Å². The number of nitrogens with zero attached hydrogens (tertiary/aromatic N) is 5. The third-order valence-electron chi connectivity index (χ3n) is 4.31. The SMILES string of the molecule is CCNC(=NCC(C)Cn1nc(C)cc1C)N(C)Cc1cc(Cl)cn1C. The van der Waals surface area contributed by atoms with Crippen LogP contribution in [0.15, 0.2) is 23.3 Å². The average Bonchev–Trinajstić information content (AvgIpc) is 3.04. The van der Waals surface area contributed by atoms with Crippen molar-refractivity contribution in [2.24, 2.45) is 18.0 Å². The molecule has 0 aliphatic heterocycles. The lowest BCUT2D eigenvalue weighted by molar-refractivity contribution is 0.435. The standard InChI is InChI=1S/C19H31ClN6/c1-7-21-19(25(6)13-18-9-17(20)12-24(18)5)22-10-14(2)11-26-16(4)8-15(3)23-26/h8-9,12,14H,7,10-11,13H2,1-6H3,(H,21,22). The Balaban J connectivity index is 2.00. The van der Waals surface area contributed by atoms with Crippen LogP contribution in [-0.2, 0) is 20.1 Å². The van der Waals surface area contributed by atoms with Gasteiger partial charge in [-0.2, -0.15) is 5.10 Å². The molecule has 1 N–H and O–H groups in total. The molecule has 2 aromatic rings. The molecule has 0 aliphatic rings. The van der Waals surface area contributed by atoms with E-state index in [9.17, 15) is 0 Å². The van der Waals surface area contributed by atoms with Crippen LogP contribution >= 0.6 is 11.6 Å². The Morgan fingerprint density at radius 2 is 2.12 bits per heavy atom. The first-order valence-electron chi connectivity index (χ1n) is 9.11. The molecule has 2 rings (SSSR count). The second-order valence-electron chi connectivity index (χ2n) is 7.03. The van der Waals surface area contributed by atoms with Crippen molar-refractivity contribution in [2.75, 3.05) is 20.1 Å². The summed E-state index contributed by atoms with van der Waals surface area (Å²) in [7, 11) is 4.06. The second-order valence-corrected chi connectivity index (χ2v) is 7.46. The third kappa shape index (κ3) is 5.53. The first-order valence-corrected chi connectivity index (χ1v) is 9.49. The predicted molar refractivity (Wildman–Crippen MR) is 109 cm³/mol. The highest BCUT2D eigenvalue weighted by molar-refractivity contribution is 6.30. The Bertz CT molecular complexity index is 745. The summed E-state index contributed by atoms with van der Waals surface area (Å²) in [6.45, 7) is 11.6. The molecule has 1 unspecified atom stereocenters. The summed E-state index contributed by atoms with van der Waals surface area (Å²) in [5.41, 5.74) is 3.41. The van der Waals surface area contributed by atoms with Gasteiger partial charge in [0, 0.05) is 51.3 Å². The highest BCUT2D eigenvalue weighted by Crippen LogP contribution is 2.14. The second kappa shape index (κ2) is 9.12. The molecule has 7 heteroatoms. The molecule has 1 atom stereocenters. The molecular weight excluding hydrogens is 348 g/mol. The first-order chi connectivity index (χ1) is 12.3. The van der Waals surface area contributed by atoms with Gasteiger partial charge in [0.1, 0.15) is 0 Å². The molecule has 0 saturated carbocycles. The minimum absolute atomic E-state index is 0.402. The van der Waals surface area contributed by atoms with Crippen LogP contribution in [0.25, 0.3) is 0 Å². The predicted octanol–water partition coefficient (Wildman–Crippen LogP) is 3.23. The van der Waals surface area contributed by atoms with Gasteiger partial charge in [-0.05, 0) is 38.8 Å². The first kappa shape index (κ1) is 20.4. The van der Waals surface area contributed by atoms with Gasteiger partial charge in [0.05, 0.1) is 17.3 Å². The lowest BCUT2D eigenvalue weighted by Crippen LogP contribution is -2.39. The average molecular weight is 379 g/mol. The van der Waals surface area contributed by atoms with Crippen LogP contribution in [0, 0.1) is 19.8 Å². The zero-order valence-electron chi connectivity index (χ0n) is 16.8. The van der Waals surface area contributed by atoms with E-state index in [1.54, 1.807) is 0 Å². The molecule has 0 aromatic carbocycles. The van der Waals surface area contributed by atoms with Crippen molar-refractivity contribution in [3.63, 3.8) is 0 Å². The molecule has 0 aliphatic carbocycles. The van der Waals surface area contributed by atoms with Crippen molar-refractivity contribution >= 4 is 17.6 Å². The van der Waals surface area contributed by atoms with Crippen molar-refractivity contribution in [3.05, 3.63) is 40.4 Å². The topological polar surface area (TPSA) is 50.4 Å². The van der Waals surface area contributed by atoms with E-state index in [-0.39, 0.29) is 0 Å². The van der Waals surface area contributed by atoms with Crippen molar-refractivity contribution in [1.82, 2.24) is 24.6 Å². The monoisotopic (exact) mass is 378 g/mol. The Hall–Kier alpha value is -1.95. The van der Waals surface area contributed by atoms with Crippen molar-refractivity contribution in [1.29, 1.82) is 0 Å². The van der Waals surface area contributed by atoms with Crippen LogP contribution in [0.1, 0.15) is 30.9 Å². The van der Waals surface area contributed by atoms with Crippen LogP contribution in [0.4, 0.5) is 0 Å². The molecule has 0 amide bonds. The van der Waals surface area contributed by atoms with E-state index in [4.69, 9.17) is 16.6 Å². The van der Waals surface area contributed by atoms with E-state index in [1.807, 2.05) is 37.8 Å². The summed E-state index contributed by atoms with van der Waals surface area (Å²) in [5, 5.41) is 8.68. The van der Waals surface area contributed by atoms with Gasteiger partial charge in [0.15, 0.2) is 5.96 Å². The molecule has 26 heavy (non-hydrogen) atoms. The normalized spacial score (nSPS) is 13.1. The maximum Gasteiger partial charge on any atom is 0.194 e. The number of aromatic nitrogens is 3. The molecule has 0 radical (unpaired) electrons. The maximum absolute atomic E-state index is 6.09. The van der Waals surface area contributed by atoms with E-state index >= 15 is 0 Å². The van der Waals surface area contributed by atoms with Crippen LogP contribution in [-0.4, -0.2) is 45.3 Å². The van der Waals surface area contributed by atoms with Crippen LogP contribution < -0.4 is 5.32 Å². The smallest absolute Gasteiger partial charge is 0.194 e. The molecule has 6 nitrogen and oxygen atoms in total. The fraction of sp³-hybridized carbons (Fsp3) is 0.579. The van der Waals surface area contributed by atoms with E-state index in [0.29, 0.717) is 5.92 Å². The van der Waals surface area contributed by atoms with Crippen molar-refractivity contribution in [2.45, 2.75) is 40.8 Å².